The predicted molar refractivity (Wildman–Crippen MR) is 95.7 cm³/mol. The van der Waals surface area contributed by atoms with Gasteiger partial charge in [-0.15, -0.1) is 11.3 Å². The number of nitrogens with zero attached hydrogens (tertiary/aromatic N) is 3. The molecule has 2 aliphatic rings. The minimum atomic E-state index is 0.0842. The first-order valence-electron chi connectivity index (χ1n) is 8.79. The van der Waals surface area contributed by atoms with E-state index in [-0.39, 0.29) is 5.54 Å². The SMILES string of the molecule is CN(C)CCN1C(=O)CCC[C@@]12CCCN(Cc1cccs1)C2. The van der Waals surface area contributed by atoms with Crippen molar-refractivity contribution in [1.82, 2.24) is 14.7 Å². The van der Waals surface area contributed by atoms with E-state index in [2.05, 4.69) is 46.3 Å². The lowest BCUT2D eigenvalue weighted by Crippen LogP contribution is -2.63. The molecule has 0 N–H and O–H groups in total. The van der Waals surface area contributed by atoms with Crippen LogP contribution in [0.25, 0.3) is 0 Å². The van der Waals surface area contributed by atoms with Gasteiger partial charge in [0, 0.05) is 37.5 Å². The zero-order chi connectivity index (χ0) is 16.3. The van der Waals surface area contributed by atoms with Crippen LogP contribution < -0.4 is 0 Å². The second-order valence-corrected chi connectivity index (χ2v) is 8.35. The fourth-order valence-electron chi connectivity index (χ4n) is 4.15. The van der Waals surface area contributed by atoms with Gasteiger partial charge in [-0.05, 0) is 57.8 Å². The number of carbonyl (C=O) groups excluding carboxylic acids is 1. The van der Waals surface area contributed by atoms with E-state index >= 15 is 0 Å². The molecule has 3 heterocycles. The minimum Gasteiger partial charge on any atom is -0.334 e. The van der Waals surface area contributed by atoms with Crippen molar-refractivity contribution in [2.24, 2.45) is 0 Å². The third kappa shape index (κ3) is 3.95. The van der Waals surface area contributed by atoms with Crippen molar-refractivity contribution in [3.05, 3.63) is 22.4 Å². The van der Waals surface area contributed by atoms with E-state index in [1.807, 2.05) is 11.3 Å². The number of thiophene rings is 1. The monoisotopic (exact) mass is 335 g/mol. The molecule has 0 aliphatic carbocycles. The number of rotatable bonds is 5. The van der Waals surface area contributed by atoms with Crippen LogP contribution in [0.15, 0.2) is 17.5 Å². The third-order valence-electron chi connectivity index (χ3n) is 5.27. The maximum absolute atomic E-state index is 12.6. The topological polar surface area (TPSA) is 26.8 Å². The van der Waals surface area contributed by atoms with E-state index in [0.29, 0.717) is 5.91 Å². The standard InChI is InChI=1S/C18H29N3OS/c1-19(2)11-12-21-17(22)7-3-8-18(21)9-5-10-20(15-18)14-16-6-4-13-23-16/h4,6,13H,3,5,7-12,14-15H2,1-2H3/t18-/m0/s1. The van der Waals surface area contributed by atoms with Gasteiger partial charge in [0.1, 0.15) is 0 Å². The molecule has 2 fully saturated rings. The Kier molecular flexibility index (Phi) is 5.39. The molecule has 128 valence electrons. The van der Waals surface area contributed by atoms with E-state index in [1.54, 1.807) is 0 Å². The summed E-state index contributed by atoms with van der Waals surface area (Å²) in [5, 5.41) is 2.16. The normalized spacial score (nSPS) is 26.4. The first kappa shape index (κ1) is 16.9. The molecule has 1 amide bonds. The highest BCUT2D eigenvalue weighted by molar-refractivity contribution is 7.09. The molecule has 0 bridgehead atoms. The van der Waals surface area contributed by atoms with Gasteiger partial charge in [-0.25, -0.2) is 0 Å². The van der Waals surface area contributed by atoms with E-state index < -0.39 is 0 Å². The van der Waals surface area contributed by atoms with Gasteiger partial charge in [-0.1, -0.05) is 6.07 Å². The number of likely N-dealkylation sites (N-methyl/N-ethyl adjacent to an activating group) is 1. The van der Waals surface area contributed by atoms with Crippen molar-refractivity contribution < 1.29 is 4.79 Å². The quantitative estimate of drug-likeness (QED) is 0.828. The van der Waals surface area contributed by atoms with E-state index in [0.717, 1.165) is 45.6 Å². The van der Waals surface area contributed by atoms with Gasteiger partial charge < -0.3 is 9.80 Å². The molecule has 1 aromatic rings. The molecular weight excluding hydrogens is 306 g/mol. The fraction of sp³-hybridized carbons (Fsp3) is 0.722. The van der Waals surface area contributed by atoms with Crippen molar-refractivity contribution in [2.45, 2.75) is 44.2 Å². The lowest BCUT2D eigenvalue weighted by Gasteiger charge is -2.52. The first-order valence-corrected chi connectivity index (χ1v) is 9.67. The number of amides is 1. The molecule has 1 atom stereocenters. The smallest absolute Gasteiger partial charge is 0.223 e. The summed E-state index contributed by atoms with van der Waals surface area (Å²) in [6, 6.07) is 4.36. The summed E-state index contributed by atoms with van der Waals surface area (Å²) in [5.74, 6) is 0.371. The highest BCUT2D eigenvalue weighted by atomic mass is 32.1. The molecule has 0 unspecified atom stereocenters. The van der Waals surface area contributed by atoms with Gasteiger partial charge in [-0.3, -0.25) is 9.69 Å². The van der Waals surface area contributed by atoms with Gasteiger partial charge in [0.2, 0.25) is 5.91 Å². The highest BCUT2D eigenvalue weighted by Crippen LogP contribution is 2.37. The van der Waals surface area contributed by atoms with Crippen LogP contribution in [0.4, 0.5) is 0 Å². The number of carbonyl (C=O) groups is 1. The molecule has 3 rings (SSSR count). The lowest BCUT2D eigenvalue weighted by molar-refractivity contribution is -0.146. The molecule has 2 saturated heterocycles. The number of hydrogen-bond donors (Lipinski definition) is 0. The second-order valence-electron chi connectivity index (χ2n) is 7.32. The maximum atomic E-state index is 12.6. The van der Waals surface area contributed by atoms with Crippen LogP contribution in [0, 0.1) is 0 Å². The molecule has 23 heavy (non-hydrogen) atoms. The van der Waals surface area contributed by atoms with E-state index in [9.17, 15) is 4.79 Å². The third-order valence-corrected chi connectivity index (χ3v) is 6.13. The van der Waals surface area contributed by atoms with Crippen LogP contribution in [-0.2, 0) is 11.3 Å². The van der Waals surface area contributed by atoms with Crippen molar-refractivity contribution in [1.29, 1.82) is 0 Å². The van der Waals surface area contributed by atoms with Crippen LogP contribution in [0.3, 0.4) is 0 Å². The maximum Gasteiger partial charge on any atom is 0.223 e. The van der Waals surface area contributed by atoms with Crippen LogP contribution in [0.5, 0.6) is 0 Å². The number of hydrogen-bond acceptors (Lipinski definition) is 4. The molecular formula is C18H29N3OS. The average molecular weight is 336 g/mol. The van der Waals surface area contributed by atoms with Gasteiger partial charge in [-0.2, -0.15) is 0 Å². The molecule has 5 heteroatoms. The molecule has 2 aliphatic heterocycles. The fourth-order valence-corrected chi connectivity index (χ4v) is 4.90. The lowest BCUT2D eigenvalue weighted by atomic mass is 9.79. The van der Waals surface area contributed by atoms with Crippen LogP contribution >= 0.6 is 11.3 Å². The van der Waals surface area contributed by atoms with E-state index in [4.69, 9.17) is 0 Å². The van der Waals surface area contributed by atoms with Crippen LogP contribution in [0.1, 0.15) is 37.0 Å². The molecule has 4 nitrogen and oxygen atoms in total. The summed E-state index contributed by atoms with van der Waals surface area (Å²) < 4.78 is 0. The Labute approximate surface area is 144 Å². The summed E-state index contributed by atoms with van der Waals surface area (Å²) in [7, 11) is 4.18. The van der Waals surface area contributed by atoms with Crippen molar-refractivity contribution in [3.8, 4) is 0 Å². The van der Waals surface area contributed by atoms with Crippen molar-refractivity contribution in [3.63, 3.8) is 0 Å². The Morgan fingerprint density at radius 3 is 2.87 bits per heavy atom. The minimum absolute atomic E-state index is 0.0842. The van der Waals surface area contributed by atoms with Crippen molar-refractivity contribution >= 4 is 17.2 Å². The Morgan fingerprint density at radius 1 is 1.30 bits per heavy atom. The van der Waals surface area contributed by atoms with Crippen molar-refractivity contribution in [2.75, 3.05) is 40.3 Å². The highest BCUT2D eigenvalue weighted by Gasteiger charge is 2.44. The molecule has 0 aromatic carbocycles. The van der Waals surface area contributed by atoms with E-state index in [1.165, 1.54) is 24.1 Å². The van der Waals surface area contributed by atoms with Gasteiger partial charge in [0.15, 0.2) is 0 Å². The second kappa shape index (κ2) is 7.32. The summed E-state index contributed by atoms with van der Waals surface area (Å²) in [4.78, 5) is 21.0. The van der Waals surface area contributed by atoms with Crippen LogP contribution in [-0.4, -0.2) is 66.4 Å². The Bertz CT molecular complexity index is 512. The summed E-state index contributed by atoms with van der Waals surface area (Å²) in [5.41, 5.74) is 0.0842. The molecule has 0 saturated carbocycles. The predicted octanol–water partition coefficient (Wildman–Crippen LogP) is 2.66. The first-order chi connectivity index (χ1) is 11.1. The largest absolute Gasteiger partial charge is 0.334 e. The Morgan fingerprint density at radius 2 is 2.13 bits per heavy atom. The van der Waals surface area contributed by atoms with Crippen LogP contribution in [0.2, 0.25) is 0 Å². The van der Waals surface area contributed by atoms with Gasteiger partial charge >= 0.3 is 0 Å². The summed E-state index contributed by atoms with van der Waals surface area (Å²) in [6.45, 7) is 5.08. The summed E-state index contributed by atoms with van der Waals surface area (Å²) >= 11 is 1.84. The Hall–Kier alpha value is -0.910. The zero-order valence-corrected chi connectivity index (χ0v) is 15.3. The average Bonchev–Trinajstić information content (AvgIpc) is 2.99. The number of piperidine rings is 2. The summed E-state index contributed by atoms with van der Waals surface area (Å²) in [6.07, 6.45) is 5.35. The molecule has 1 spiro atoms. The molecule has 1 aromatic heterocycles. The molecule has 0 radical (unpaired) electrons. The zero-order valence-electron chi connectivity index (χ0n) is 14.5. The van der Waals surface area contributed by atoms with Gasteiger partial charge in [0.25, 0.3) is 0 Å². The van der Waals surface area contributed by atoms with Gasteiger partial charge in [0.05, 0.1) is 5.54 Å². The Balaban J connectivity index is 1.72. The number of likely N-dealkylation sites (tertiary alicyclic amines) is 2.